The number of halogens is 3. The standard InChI is InChI=1S/C19H14BrClFN3O4/c20-15-7-11(1-6-16(15)22)8-17(23-27)19-18(24-29-25-19)9-13(26)10-28-14-4-2-12(21)3-5-14/h1-7,27H,8-10H2/b23-17+. The smallest absolute Gasteiger partial charge is 0.176 e. The van der Waals surface area contributed by atoms with Gasteiger partial charge in [0.05, 0.1) is 10.9 Å². The van der Waals surface area contributed by atoms with E-state index < -0.39 is 5.82 Å². The Labute approximate surface area is 178 Å². The first kappa shape index (κ1) is 20.9. The third-order valence-corrected chi connectivity index (χ3v) is 4.74. The molecule has 0 fully saturated rings. The molecular formula is C19H14BrClFN3O4. The van der Waals surface area contributed by atoms with Crippen LogP contribution in [0, 0.1) is 5.82 Å². The number of ether oxygens (including phenoxy) is 1. The fourth-order valence-corrected chi connectivity index (χ4v) is 3.04. The van der Waals surface area contributed by atoms with Crippen molar-refractivity contribution in [3.63, 3.8) is 0 Å². The highest BCUT2D eigenvalue weighted by molar-refractivity contribution is 9.10. The summed E-state index contributed by atoms with van der Waals surface area (Å²) in [5.41, 5.74) is 1.15. The highest BCUT2D eigenvalue weighted by atomic mass is 79.9. The lowest BCUT2D eigenvalue weighted by atomic mass is 10.0. The van der Waals surface area contributed by atoms with E-state index in [0.717, 1.165) is 0 Å². The quantitative estimate of drug-likeness (QED) is 0.293. The molecule has 3 aromatic rings. The summed E-state index contributed by atoms with van der Waals surface area (Å²) < 4.78 is 23.8. The lowest BCUT2D eigenvalue weighted by Crippen LogP contribution is -2.17. The molecule has 0 saturated carbocycles. The van der Waals surface area contributed by atoms with Gasteiger partial charge in [0.15, 0.2) is 11.5 Å². The van der Waals surface area contributed by atoms with Gasteiger partial charge in [-0.25, -0.2) is 9.02 Å². The fraction of sp³-hybridized carbons (Fsp3) is 0.158. The van der Waals surface area contributed by atoms with E-state index in [1.54, 1.807) is 36.4 Å². The van der Waals surface area contributed by atoms with Crippen molar-refractivity contribution in [2.24, 2.45) is 5.16 Å². The van der Waals surface area contributed by atoms with E-state index in [1.807, 2.05) is 0 Å². The van der Waals surface area contributed by atoms with Crippen molar-refractivity contribution in [2.75, 3.05) is 6.61 Å². The van der Waals surface area contributed by atoms with Crippen molar-refractivity contribution in [1.82, 2.24) is 10.3 Å². The third kappa shape index (κ3) is 5.61. The summed E-state index contributed by atoms with van der Waals surface area (Å²) in [6.07, 6.45) is 0.00458. The maximum Gasteiger partial charge on any atom is 0.176 e. The van der Waals surface area contributed by atoms with Crippen LogP contribution in [0.15, 0.2) is 56.7 Å². The Balaban J connectivity index is 1.66. The summed E-state index contributed by atoms with van der Waals surface area (Å²) in [4.78, 5) is 12.2. The molecule has 0 amide bonds. The number of nitrogens with zero attached hydrogens (tertiary/aromatic N) is 3. The lowest BCUT2D eigenvalue weighted by molar-refractivity contribution is -0.120. The Bertz CT molecular complexity index is 1040. The SMILES string of the molecule is O=C(COc1ccc(Cl)cc1)Cc1nonc1/C(Cc1ccc(F)c(Br)c1)=N/O. The number of hydrogen-bond donors (Lipinski definition) is 1. The van der Waals surface area contributed by atoms with Gasteiger partial charge in [0, 0.05) is 11.4 Å². The number of Topliss-reactive ketones (excluding diaryl/α,β-unsaturated/α-hetero) is 1. The van der Waals surface area contributed by atoms with Gasteiger partial charge in [0.2, 0.25) is 0 Å². The van der Waals surface area contributed by atoms with E-state index in [9.17, 15) is 14.4 Å². The molecular weight excluding hydrogens is 469 g/mol. The number of ketones is 1. The zero-order chi connectivity index (χ0) is 20.8. The van der Waals surface area contributed by atoms with Crippen molar-refractivity contribution in [2.45, 2.75) is 12.8 Å². The summed E-state index contributed by atoms with van der Waals surface area (Å²) in [7, 11) is 0. The van der Waals surface area contributed by atoms with Gasteiger partial charge in [0.1, 0.15) is 29.6 Å². The van der Waals surface area contributed by atoms with Gasteiger partial charge in [-0.3, -0.25) is 4.79 Å². The number of carbonyl (C=O) groups excluding carboxylic acids is 1. The number of benzene rings is 2. The van der Waals surface area contributed by atoms with E-state index in [-0.39, 0.29) is 46.8 Å². The molecule has 29 heavy (non-hydrogen) atoms. The number of rotatable bonds is 8. The minimum absolute atomic E-state index is 0.126. The largest absolute Gasteiger partial charge is 0.486 e. The van der Waals surface area contributed by atoms with Gasteiger partial charge < -0.3 is 9.94 Å². The Morgan fingerprint density at radius 3 is 2.66 bits per heavy atom. The normalized spacial score (nSPS) is 11.5. The second-order valence-electron chi connectivity index (χ2n) is 5.99. The molecule has 0 aliphatic rings. The van der Waals surface area contributed by atoms with Crippen molar-refractivity contribution >= 4 is 39.0 Å². The Morgan fingerprint density at radius 2 is 1.97 bits per heavy atom. The summed E-state index contributed by atoms with van der Waals surface area (Å²) in [6.45, 7) is -0.190. The molecule has 0 spiro atoms. The van der Waals surface area contributed by atoms with Gasteiger partial charge >= 0.3 is 0 Å². The molecule has 1 aromatic heterocycles. The molecule has 7 nitrogen and oxygen atoms in total. The highest BCUT2D eigenvalue weighted by Gasteiger charge is 2.20. The van der Waals surface area contributed by atoms with Crippen molar-refractivity contribution < 1.29 is 23.8 Å². The van der Waals surface area contributed by atoms with Crippen LogP contribution in [-0.2, 0) is 17.6 Å². The highest BCUT2D eigenvalue weighted by Crippen LogP contribution is 2.19. The molecule has 0 radical (unpaired) electrons. The van der Waals surface area contributed by atoms with Gasteiger partial charge in [0.25, 0.3) is 0 Å². The fourth-order valence-electron chi connectivity index (χ4n) is 2.48. The zero-order valence-corrected chi connectivity index (χ0v) is 17.2. The van der Waals surface area contributed by atoms with Gasteiger partial charge in [-0.1, -0.05) is 28.0 Å². The average molecular weight is 483 g/mol. The maximum atomic E-state index is 13.4. The van der Waals surface area contributed by atoms with E-state index in [0.29, 0.717) is 16.3 Å². The van der Waals surface area contributed by atoms with Crippen LogP contribution in [0.2, 0.25) is 5.02 Å². The average Bonchev–Trinajstić information content (AvgIpc) is 3.16. The van der Waals surface area contributed by atoms with Crippen LogP contribution in [0.5, 0.6) is 5.75 Å². The molecule has 0 atom stereocenters. The Morgan fingerprint density at radius 1 is 1.21 bits per heavy atom. The van der Waals surface area contributed by atoms with Gasteiger partial charge in [-0.15, -0.1) is 0 Å². The van der Waals surface area contributed by atoms with E-state index >= 15 is 0 Å². The molecule has 1 N–H and O–H groups in total. The van der Waals surface area contributed by atoms with Crippen LogP contribution in [0.3, 0.4) is 0 Å². The molecule has 0 aliphatic heterocycles. The van der Waals surface area contributed by atoms with Crippen LogP contribution in [0.4, 0.5) is 4.39 Å². The third-order valence-electron chi connectivity index (χ3n) is 3.88. The molecule has 0 unspecified atom stereocenters. The van der Waals surface area contributed by atoms with Crippen molar-refractivity contribution in [3.05, 3.63) is 74.7 Å². The number of carbonyl (C=O) groups is 1. The van der Waals surface area contributed by atoms with Gasteiger partial charge in [-0.05, 0) is 63.0 Å². The molecule has 150 valence electrons. The lowest BCUT2D eigenvalue weighted by Gasteiger charge is -2.06. The van der Waals surface area contributed by atoms with Crippen LogP contribution >= 0.6 is 27.5 Å². The summed E-state index contributed by atoms with van der Waals surface area (Å²) >= 11 is 8.91. The molecule has 3 rings (SSSR count). The Hall–Kier alpha value is -2.78. The van der Waals surface area contributed by atoms with Gasteiger partial charge in [-0.2, -0.15) is 0 Å². The molecule has 0 bridgehead atoms. The molecule has 0 saturated heterocycles. The Kier molecular flexibility index (Phi) is 6.95. The van der Waals surface area contributed by atoms with Crippen LogP contribution in [-0.4, -0.2) is 33.6 Å². The first-order chi connectivity index (χ1) is 14.0. The molecule has 2 aromatic carbocycles. The molecule has 10 heteroatoms. The van der Waals surface area contributed by atoms with Crippen LogP contribution in [0.25, 0.3) is 0 Å². The second kappa shape index (κ2) is 9.62. The van der Waals surface area contributed by atoms with E-state index in [4.69, 9.17) is 21.0 Å². The molecule has 1 heterocycles. The summed E-state index contributed by atoms with van der Waals surface area (Å²) in [6, 6.07) is 11.0. The predicted molar refractivity (Wildman–Crippen MR) is 106 cm³/mol. The maximum absolute atomic E-state index is 13.4. The monoisotopic (exact) mass is 481 g/mol. The minimum atomic E-state index is -0.411. The van der Waals surface area contributed by atoms with Crippen LogP contribution < -0.4 is 4.74 Å². The number of oxime groups is 1. The van der Waals surface area contributed by atoms with E-state index in [1.165, 1.54) is 6.07 Å². The van der Waals surface area contributed by atoms with Crippen molar-refractivity contribution in [3.8, 4) is 5.75 Å². The number of aromatic nitrogens is 2. The summed E-state index contributed by atoms with van der Waals surface area (Å²) in [5.74, 6) is -0.189. The van der Waals surface area contributed by atoms with Crippen LogP contribution in [0.1, 0.15) is 17.0 Å². The first-order valence-corrected chi connectivity index (χ1v) is 9.50. The topological polar surface area (TPSA) is 97.8 Å². The first-order valence-electron chi connectivity index (χ1n) is 8.33. The zero-order valence-electron chi connectivity index (χ0n) is 14.8. The summed E-state index contributed by atoms with van der Waals surface area (Å²) in [5, 5.41) is 20.6. The number of hydrogen-bond acceptors (Lipinski definition) is 7. The molecule has 0 aliphatic carbocycles. The minimum Gasteiger partial charge on any atom is -0.486 e. The van der Waals surface area contributed by atoms with E-state index in [2.05, 4.69) is 31.4 Å². The predicted octanol–water partition coefficient (Wildman–Crippen LogP) is 4.24. The second-order valence-corrected chi connectivity index (χ2v) is 7.28. The van der Waals surface area contributed by atoms with Crippen molar-refractivity contribution in [1.29, 1.82) is 0 Å².